The molecule has 0 aromatic rings. The van der Waals surface area contributed by atoms with Crippen LogP contribution in [0.1, 0.15) is 47.0 Å². The zero-order chi connectivity index (χ0) is 18.2. The van der Waals surface area contributed by atoms with Gasteiger partial charge in [0.1, 0.15) is 0 Å². The summed E-state index contributed by atoms with van der Waals surface area (Å²) in [6.45, 7) is 11.3. The number of methoxy groups -OCH3 is 1. The van der Waals surface area contributed by atoms with Gasteiger partial charge in [0, 0.05) is 32.7 Å². The molecule has 0 amide bonds. The lowest BCUT2D eigenvalue weighted by molar-refractivity contribution is -0.154. The molecule has 142 valence electrons. The van der Waals surface area contributed by atoms with Crippen LogP contribution in [0.3, 0.4) is 0 Å². The van der Waals surface area contributed by atoms with Crippen molar-refractivity contribution >= 4 is 0 Å². The Bertz CT molecular complexity index is 414. The predicted octanol–water partition coefficient (Wildman–Crippen LogP) is 3.74. The molecule has 0 aliphatic carbocycles. The first-order valence-electron chi connectivity index (χ1n) is 9.34. The summed E-state index contributed by atoms with van der Waals surface area (Å²) in [6.07, 6.45) is 2.54. The minimum absolute atomic E-state index is 0.112. The standard InChI is InChI=1S/C19H36F2N2O/c1-15(18(24-6)8-11-22(5)12-9-18)13-23-10-7-16(17(2,3)4)19(20,21)14-23/h15-16H,7-14H2,1-6H3. The van der Waals surface area contributed by atoms with Crippen LogP contribution in [0, 0.1) is 17.3 Å². The molecule has 24 heavy (non-hydrogen) atoms. The summed E-state index contributed by atoms with van der Waals surface area (Å²) < 4.78 is 35.2. The van der Waals surface area contributed by atoms with E-state index < -0.39 is 11.8 Å². The van der Waals surface area contributed by atoms with E-state index in [9.17, 15) is 8.78 Å². The summed E-state index contributed by atoms with van der Waals surface area (Å²) in [5.41, 5.74) is -0.508. The normalized spacial score (nSPS) is 30.2. The molecule has 0 spiro atoms. The Kier molecular flexibility index (Phi) is 5.98. The first-order valence-corrected chi connectivity index (χ1v) is 9.34. The smallest absolute Gasteiger partial charge is 0.263 e. The topological polar surface area (TPSA) is 15.7 Å². The second kappa shape index (κ2) is 7.16. The van der Waals surface area contributed by atoms with Crippen LogP contribution in [0.5, 0.6) is 0 Å². The van der Waals surface area contributed by atoms with Gasteiger partial charge in [-0.25, -0.2) is 8.78 Å². The van der Waals surface area contributed by atoms with Crippen molar-refractivity contribution in [2.75, 3.05) is 46.9 Å². The van der Waals surface area contributed by atoms with Gasteiger partial charge in [-0.2, -0.15) is 0 Å². The molecular formula is C19H36F2N2O. The van der Waals surface area contributed by atoms with Gasteiger partial charge in [0.2, 0.25) is 0 Å². The van der Waals surface area contributed by atoms with E-state index in [0.29, 0.717) is 13.0 Å². The largest absolute Gasteiger partial charge is 0.378 e. The molecule has 2 fully saturated rings. The molecule has 2 rings (SSSR count). The molecule has 2 atom stereocenters. The first-order chi connectivity index (χ1) is 11.0. The lowest BCUT2D eigenvalue weighted by Crippen LogP contribution is -2.56. The van der Waals surface area contributed by atoms with Crippen LogP contribution in [-0.2, 0) is 4.74 Å². The van der Waals surface area contributed by atoms with Crippen LogP contribution in [0.2, 0.25) is 0 Å². The number of hydrogen-bond acceptors (Lipinski definition) is 3. The fraction of sp³-hybridized carbons (Fsp3) is 1.00. The van der Waals surface area contributed by atoms with Gasteiger partial charge in [-0.1, -0.05) is 27.7 Å². The Hall–Kier alpha value is -0.260. The van der Waals surface area contributed by atoms with Crippen LogP contribution in [0.25, 0.3) is 0 Å². The van der Waals surface area contributed by atoms with Gasteiger partial charge in [0.25, 0.3) is 5.92 Å². The average molecular weight is 347 g/mol. The minimum atomic E-state index is -2.61. The molecular weight excluding hydrogens is 310 g/mol. The van der Waals surface area contributed by atoms with Crippen LogP contribution in [0.15, 0.2) is 0 Å². The maximum absolute atomic E-state index is 14.7. The van der Waals surface area contributed by atoms with Gasteiger partial charge in [-0.3, -0.25) is 4.90 Å². The second-order valence-electron chi connectivity index (χ2n) is 9.18. The fourth-order valence-corrected chi connectivity index (χ4v) is 4.68. The second-order valence-corrected chi connectivity index (χ2v) is 9.18. The molecule has 2 saturated heterocycles. The number of halogens is 2. The number of piperidine rings is 2. The van der Waals surface area contributed by atoms with Crippen molar-refractivity contribution < 1.29 is 13.5 Å². The maximum atomic E-state index is 14.7. The summed E-state index contributed by atoms with van der Waals surface area (Å²) in [5.74, 6) is -2.88. The maximum Gasteiger partial charge on any atom is 0.263 e. The summed E-state index contributed by atoms with van der Waals surface area (Å²) in [5, 5.41) is 0. The van der Waals surface area contributed by atoms with Crippen LogP contribution >= 0.6 is 0 Å². The van der Waals surface area contributed by atoms with E-state index >= 15 is 0 Å². The van der Waals surface area contributed by atoms with Crippen LogP contribution < -0.4 is 0 Å². The number of alkyl halides is 2. The average Bonchev–Trinajstić information content (AvgIpc) is 2.46. The zero-order valence-electron chi connectivity index (χ0n) is 16.4. The third kappa shape index (κ3) is 4.28. The number of nitrogens with zero attached hydrogens (tertiary/aromatic N) is 2. The molecule has 0 radical (unpaired) electrons. The number of likely N-dealkylation sites (tertiary alicyclic amines) is 2. The van der Waals surface area contributed by atoms with E-state index in [1.807, 2.05) is 25.7 Å². The summed E-state index contributed by atoms with van der Waals surface area (Å²) in [6, 6.07) is 0. The first kappa shape index (κ1) is 20.1. The highest BCUT2D eigenvalue weighted by Gasteiger charge is 2.50. The van der Waals surface area contributed by atoms with Crippen LogP contribution in [0.4, 0.5) is 8.78 Å². The van der Waals surface area contributed by atoms with Gasteiger partial charge < -0.3 is 9.64 Å². The molecule has 0 aromatic heterocycles. The summed E-state index contributed by atoms with van der Waals surface area (Å²) in [4.78, 5) is 4.28. The van der Waals surface area contributed by atoms with E-state index in [2.05, 4.69) is 18.9 Å². The van der Waals surface area contributed by atoms with E-state index in [0.717, 1.165) is 32.5 Å². The quantitative estimate of drug-likeness (QED) is 0.771. The molecule has 5 heteroatoms. The van der Waals surface area contributed by atoms with Gasteiger partial charge >= 0.3 is 0 Å². The Labute approximate surface area is 146 Å². The predicted molar refractivity (Wildman–Crippen MR) is 94.6 cm³/mol. The van der Waals surface area contributed by atoms with Crippen molar-refractivity contribution in [2.24, 2.45) is 17.3 Å². The molecule has 2 aliphatic heterocycles. The summed E-state index contributed by atoms with van der Waals surface area (Å²) >= 11 is 0. The molecule has 2 heterocycles. The Morgan fingerprint density at radius 1 is 1.17 bits per heavy atom. The van der Waals surface area contributed by atoms with E-state index in [4.69, 9.17) is 4.74 Å². The van der Waals surface area contributed by atoms with Crippen molar-refractivity contribution in [3.63, 3.8) is 0 Å². The molecule has 3 nitrogen and oxygen atoms in total. The van der Waals surface area contributed by atoms with E-state index in [1.165, 1.54) is 0 Å². The molecule has 2 aliphatic rings. The third-order valence-electron chi connectivity index (χ3n) is 6.39. The van der Waals surface area contributed by atoms with Gasteiger partial charge in [-0.15, -0.1) is 0 Å². The molecule has 0 saturated carbocycles. The molecule has 0 N–H and O–H groups in total. The van der Waals surface area contributed by atoms with E-state index in [1.54, 1.807) is 7.11 Å². The van der Waals surface area contributed by atoms with E-state index in [-0.39, 0.29) is 23.5 Å². The zero-order valence-corrected chi connectivity index (χ0v) is 16.4. The fourth-order valence-electron chi connectivity index (χ4n) is 4.68. The highest BCUT2D eigenvalue weighted by atomic mass is 19.3. The van der Waals surface area contributed by atoms with Crippen molar-refractivity contribution in [1.82, 2.24) is 9.80 Å². The minimum Gasteiger partial charge on any atom is -0.378 e. The monoisotopic (exact) mass is 346 g/mol. The summed E-state index contributed by atoms with van der Waals surface area (Å²) in [7, 11) is 3.91. The highest BCUT2D eigenvalue weighted by Crippen LogP contribution is 2.44. The molecule has 0 bridgehead atoms. The number of hydrogen-bond donors (Lipinski definition) is 0. The number of rotatable bonds is 4. The Morgan fingerprint density at radius 3 is 2.21 bits per heavy atom. The SMILES string of the molecule is COC1(C(C)CN2CCC(C(C)(C)C)C(F)(F)C2)CCN(C)CC1. The number of ether oxygens (including phenoxy) is 1. The van der Waals surface area contributed by atoms with Crippen LogP contribution in [-0.4, -0.2) is 68.2 Å². The van der Waals surface area contributed by atoms with Crippen molar-refractivity contribution in [1.29, 1.82) is 0 Å². The lowest BCUT2D eigenvalue weighted by Gasteiger charge is -2.48. The van der Waals surface area contributed by atoms with Crippen molar-refractivity contribution in [3.8, 4) is 0 Å². The van der Waals surface area contributed by atoms with Crippen molar-refractivity contribution in [3.05, 3.63) is 0 Å². The molecule has 2 unspecified atom stereocenters. The van der Waals surface area contributed by atoms with Gasteiger partial charge in [0.05, 0.1) is 12.1 Å². The van der Waals surface area contributed by atoms with Crippen molar-refractivity contribution in [2.45, 2.75) is 58.5 Å². The third-order valence-corrected chi connectivity index (χ3v) is 6.39. The van der Waals surface area contributed by atoms with Gasteiger partial charge in [0.15, 0.2) is 0 Å². The Morgan fingerprint density at radius 2 is 1.75 bits per heavy atom. The highest BCUT2D eigenvalue weighted by molar-refractivity contribution is 4.96. The molecule has 0 aromatic carbocycles. The van der Waals surface area contributed by atoms with Gasteiger partial charge in [-0.05, 0) is 44.2 Å². The lowest BCUT2D eigenvalue weighted by atomic mass is 9.72. The Balaban J connectivity index is 1.99.